The Morgan fingerprint density at radius 2 is 1.90 bits per heavy atom. The standard InChI is InChI=1S/C15H20BrN3O/c1-5-12(10(4)17)15-18-14(19-20-15)11-6-8(2)13(16)9(3)7-11/h6-7,10,12H,5,17H2,1-4H3. The second kappa shape index (κ2) is 6.06. The summed E-state index contributed by atoms with van der Waals surface area (Å²) < 4.78 is 6.51. The van der Waals surface area contributed by atoms with E-state index < -0.39 is 0 Å². The van der Waals surface area contributed by atoms with E-state index in [2.05, 4.69) is 59.0 Å². The van der Waals surface area contributed by atoms with Crippen LogP contribution in [0.4, 0.5) is 0 Å². The summed E-state index contributed by atoms with van der Waals surface area (Å²) in [5.41, 5.74) is 9.25. The molecule has 4 nitrogen and oxygen atoms in total. The second-order valence-corrected chi connectivity index (χ2v) is 6.05. The molecule has 2 atom stereocenters. The number of nitrogens with zero attached hydrogens (tertiary/aromatic N) is 2. The Hall–Kier alpha value is -1.20. The van der Waals surface area contributed by atoms with Crippen LogP contribution in [0.5, 0.6) is 0 Å². The van der Waals surface area contributed by atoms with Crippen LogP contribution >= 0.6 is 15.9 Å². The van der Waals surface area contributed by atoms with Crippen molar-refractivity contribution in [2.45, 2.75) is 46.1 Å². The third-order valence-corrected chi connectivity index (χ3v) is 4.78. The van der Waals surface area contributed by atoms with Gasteiger partial charge in [0.25, 0.3) is 0 Å². The summed E-state index contributed by atoms with van der Waals surface area (Å²) in [5, 5.41) is 4.09. The molecule has 20 heavy (non-hydrogen) atoms. The van der Waals surface area contributed by atoms with Gasteiger partial charge < -0.3 is 10.3 Å². The molecule has 0 aliphatic heterocycles. The quantitative estimate of drug-likeness (QED) is 0.916. The zero-order chi connectivity index (χ0) is 14.9. The van der Waals surface area contributed by atoms with E-state index in [4.69, 9.17) is 10.3 Å². The number of nitrogens with two attached hydrogens (primary N) is 1. The smallest absolute Gasteiger partial charge is 0.231 e. The van der Waals surface area contributed by atoms with E-state index in [9.17, 15) is 0 Å². The molecule has 0 fully saturated rings. The van der Waals surface area contributed by atoms with Gasteiger partial charge in [-0.1, -0.05) is 28.0 Å². The first-order valence-electron chi connectivity index (χ1n) is 6.80. The van der Waals surface area contributed by atoms with Crippen molar-refractivity contribution in [1.82, 2.24) is 10.1 Å². The molecule has 0 saturated carbocycles. The van der Waals surface area contributed by atoms with Gasteiger partial charge in [-0.2, -0.15) is 4.98 Å². The van der Waals surface area contributed by atoms with Crippen molar-refractivity contribution < 1.29 is 4.52 Å². The molecule has 2 N–H and O–H groups in total. The van der Waals surface area contributed by atoms with E-state index in [0.717, 1.165) is 27.6 Å². The average molecular weight is 338 g/mol. The lowest BCUT2D eigenvalue weighted by Crippen LogP contribution is -2.24. The monoisotopic (exact) mass is 337 g/mol. The predicted octanol–water partition coefficient (Wildman–Crippen LogP) is 3.96. The largest absolute Gasteiger partial charge is 0.339 e. The summed E-state index contributed by atoms with van der Waals surface area (Å²) in [6.45, 7) is 8.15. The number of hydrogen-bond acceptors (Lipinski definition) is 4. The SMILES string of the molecule is CCC(c1nc(-c2cc(C)c(Br)c(C)c2)no1)C(C)N. The number of aromatic nitrogens is 2. The molecule has 0 amide bonds. The van der Waals surface area contributed by atoms with Crippen molar-refractivity contribution >= 4 is 15.9 Å². The molecule has 0 spiro atoms. The van der Waals surface area contributed by atoms with Gasteiger partial charge in [-0.05, 0) is 50.5 Å². The van der Waals surface area contributed by atoms with Gasteiger partial charge in [0, 0.05) is 16.1 Å². The van der Waals surface area contributed by atoms with Crippen LogP contribution in [0.1, 0.15) is 43.2 Å². The highest BCUT2D eigenvalue weighted by Gasteiger charge is 2.21. The molecule has 0 bridgehead atoms. The highest BCUT2D eigenvalue weighted by Crippen LogP contribution is 2.28. The third-order valence-electron chi connectivity index (χ3n) is 3.53. The fourth-order valence-corrected chi connectivity index (χ4v) is 2.58. The minimum atomic E-state index is 0.00156. The van der Waals surface area contributed by atoms with E-state index in [-0.39, 0.29) is 12.0 Å². The third kappa shape index (κ3) is 2.94. The van der Waals surface area contributed by atoms with Crippen LogP contribution in [0.15, 0.2) is 21.1 Å². The summed E-state index contributed by atoms with van der Waals surface area (Å²) in [6.07, 6.45) is 0.887. The van der Waals surface area contributed by atoms with Crippen LogP contribution in [0.3, 0.4) is 0 Å². The Morgan fingerprint density at radius 1 is 1.30 bits per heavy atom. The van der Waals surface area contributed by atoms with Crippen LogP contribution in [0, 0.1) is 13.8 Å². The molecule has 1 aromatic carbocycles. The van der Waals surface area contributed by atoms with Gasteiger partial charge in [0.05, 0.1) is 5.92 Å². The van der Waals surface area contributed by atoms with E-state index in [1.807, 2.05) is 6.92 Å². The molecule has 1 aromatic heterocycles. The fourth-order valence-electron chi connectivity index (χ4n) is 2.35. The first-order valence-corrected chi connectivity index (χ1v) is 7.59. The fraction of sp³-hybridized carbons (Fsp3) is 0.467. The summed E-state index contributed by atoms with van der Waals surface area (Å²) >= 11 is 3.56. The highest BCUT2D eigenvalue weighted by molar-refractivity contribution is 9.10. The van der Waals surface area contributed by atoms with Crippen LogP contribution < -0.4 is 5.73 Å². The number of rotatable bonds is 4. The van der Waals surface area contributed by atoms with E-state index >= 15 is 0 Å². The van der Waals surface area contributed by atoms with Crippen molar-refractivity contribution in [2.75, 3.05) is 0 Å². The Kier molecular flexibility index (Phi) is 4.60. The van der Waals surface area contributed by atoms with Gasteiger partial charge in [0.1, 0.15) is 0 Å². The summed E-state index contributed by atoms with van der Waals surface area (Å²) in [5.74, 6) is 1.35. The van der Waals surface area contributed by atoms with Crippen LogP contribution in [0.25, 0.3) is 11.4 Å². The number of aryl methyl sites for hydroxylation is 2. The van der Waals surface area contributed by atoms with Gasteiger partial charge in [0.2, 0.25) is 11.7 Å². The number of hydrogen-bond donors (Lipinski definition) is 1. The van der Waals surface area contributed by atoms with Crippen molar-refractivity contribution in [1.29, 1.82) is 0 Å². The highest BCUT2D eigenvalue weighted by atomic mass is 79.9. The molecular formula is C15H20BrN3O. The lowest BCUT2D eigenvalue weighted by Gasteiger charge is -2.13. The normalized spacial score (nSPS) is 14.3. The van der Waals surface area contributed by atoms with Gasteiger partial charge in [-0.3, -0.25) is 0 Å². The van der Waals surface area contributed by atoms with Crippen molar-refractivity contribution in [3.63, 3.8) is 0 Å². The van der Waals surface area contributed by atoms with Crippen LogP contribution in [-0.4, -0.2) is 16.2 Å². The Bertz CT molecular complexity index is 584. The summed E-state index contributed by atoms with van der Waals surface area (Å²) in [4.78, 5) is 4.51. The first kappa shape index (κ1) is 15.2. The molecule has 2 aromatic rings. The van der Waals surface area contributed by atoms with E-state index in [0.29, 0.717) is 11.7 Å². The number of benzene rings is 1. The maximum atomic E-state index is 5.96. The summed E-state index contributed by atoms with van der Waals surface area (Å²) in [6, 6.07) is 4.11. The Balaban J connectivity index is 2.38. The van der Waals surface area contributed by atoms with E-state index in [1.54, 1.807) is 0 Å². The van der Waals surface area contributed by atoms with Crippen LogP contribution in [-0.2, 0) is 0 Å². The van der Waals surface area contributed by atoms with Gasteiger partial charge in [0.15, 0.2) is 0 Å². The minimum absolute atomic E-state index is 0.00156. The van der Waals surface area contributed by atoms with Crippen molar-refractivity contribution in [2.24, 2.45) is 5.73 Å². The maximum Gasteiger partial charge on any atom is 0.231 e. The lowest BCUT2D eigenvalue weighted by atomic mass is 9.99. The molecule has 108 valence electrons. The molecular weight excluding hydrogens is 318 g/mol. The topological polar surface area (TPSA) is 64.9 Å². The molecule has 1 heterocycles. The van der Waals surface area contributed by atoms with Gasteiger partial charge >= 0.3 is 0 Å². The number of halogens is 1. The van der Waals surface area contributed by atoms with E-state index in [1.165, 1.54) is 0 Å². The van der Waals surface area contributed by atoms with Gasteiger partial charge in [-0.15, -0.1) is 0 Å². The zero-order valence-corrected chi connectivity index (χ0v) is 13.9. The van der Waals surface area contributed by atoms with Gasteiger partial charge in [-0.25, -0.2) is 0 Å². The Morgan fingerprint density at radius 3 is 2.40 bits per heavy atom. The first-order chi connectivity index (χ1) is 9.43. The van der Waals surface area contributed by atoms with Crippen molar-refractivity contribution in [3.05, 3.63) is 33.6 Å². The molecule has 0 saturated heterocycles. The summed E-state index contributed by atoms with van der Waals surface area (Å²) in [7, 11) is 0. The lowest BCUT2D eigenvalue weighted by molar-refractivity contribution is 0.334. The van der Waals surface area contributed by atoms with Crippen LogP contribution in [0.2, 0.25) is 0 Å². The molecule has 2 rings (SSSR count). The molecule has 0 radical (unpaired) electrons. The average Bonchev–Trinajstić information content (AvgIpc) is 2.85. The molecule has 0 aliphatic rings. The second-order valence-electron chi connectivity index (χ2n) is 5.25. The molecule has 0 aliphatic carbocycles. The predicted molar refractivity (Wildman–Crippen MR) is 83.6 cm³/mol. The minimum Gasteiger partial charge on any atom is -0.339 e. The zero-order valence-electron chi connectivity index (χ0n) is 12.3. The molecule has 2 unspecified atom stereocenters. The maximum absolute atomic E-state index is 5.96. The molecule has 5 heteroatoms. The van der Waals surface area contributed by atoms with Crippen molar-refractivity contribution in [3.8, 4) is 11.4 Å². The Labute approximate surface area is 127 Å².